The van der Waals surface area contributed by atoms with Crippen molar-refractivity contribution in [2.75, 3.05) is 31.1 Å². The minimum absolute atomic E-state index is 0.00651. The van der Waals surface area contributed by atoms with Gasteiger partial charge >= 0.3 is 12.7 Å². The number of amides is 1. The normalized spacial score (nSPS) is 17.3. The topological polar surface area (TPSA) is 94.7 Å². The van der Waals surface area contributed by atoms with Crippen LogP contribution in [0.2, 0.25) is 0 Å². The van der Waals surface area contributed by atoms with Gasteiger partial charge in [0.15, 0.2) is 0 Å². The van der Waals surface area contributed by atoms with Crippen molar-refractivity contribution in [3.8, 4) is 16.9 Å². The molecule has 0 aliphatic carbocycles. The Morgan fingerprint density at radius 1 is 1.08 bits per heavy atom. The van der Waals surface area contributed by atoms with Crippen LogP contribution in [0.5, 0.6) is 5.75 Å². The van der Waals surface area contributed by atoms with E-state index in [0.717, 1.165) is 11.1 Å². The summed E-state index contributed by atoms with van der Waals surface area (Å²) in [5.74, 6) is 0.632. The highest BCUT2D eigenvalue weighted by atomic mass is 19.3. The summed E-state index contributed by atoms with van der Waals surface area (Å²) in [6.07, 6.45) is 3.18. The maximum Gasteiger partial charge on any atom is 0.410 e. The van der Waals surface area contributed by atoms with Crippen LogP contribution in [0.15, 0.2) is 59.7 Å². The summed E-state index contributed by atoms with van der Waals surface area (Å²) in [6, 6.07) is 12.0. The number of anilines is 1. The number of cyclic esters (lactones) is 1. The van der Waals surface area contributed by atoms with Crippen molar-refractivity contribution in [2.45, 2.75) is 19.2 Å². The molecule has 4 aromatic rings. The largest absolute Gasteiger partial charge is 0.447 e. The van der Waals surface area contributed by atoms with Crippen LogP contribution in [0.1, 0.15) is 5.56 Å². The third kappa shape index (κ3) is 4.21. The number of aromatic nitrogens is 4. The van der Waals surface area contributed by atoms with Crippen LogP contribution in [0.3, 0.4) is 0 Å². The number of para-hydroxylation sites is 1. The van der Waals surface area contributed by atoms with Crippen LogP contribution in [0.25, 0.3) is 22.0 Å². The lowest BCUT2D eigenvalue weighted by atomic mass is 10.1. The van der Waals surface area contributed by atoms with Crippen molar-refractivity contribution in [2.24, 2.45) is 7.05 Å². The number of alkyl halides is 2. The van der Waals surface area contributed by atoms with Crippen LogP contribution in [0, 0.1) is 0 Å². The number of carbonyl (C=O) groups is 1. The number of nitrogens with zero attached hydrogens (tertiary/aromatic N) is 6. The van der Waals surface area contributed by atoms with E-state index in [1.54, 1.807) is 53.3 Å². The standard InChI is InChI=1S/C26H24F2N6O4/c1-31-23(35)20-7-6-16(10-21(20)34(31)13-17-4-2-3-5-22(17)38-24(27)28)18-11-29-25(30-12-18)32-8-9-33-19(14-32)15-37-26(33)36/h2-7,10-12,19,24H,8-9,13-15H2,1H3/t19-/m0/s1. The molecule has 0 spiro atoms. The highest BCUT2D eigenvalue weighted by Gasteiger charge is 2.38. The Balaban J connectivity index is 1.29. The zero-order valence-corrected chi connectivity index (χ0v) is 20.5. The van der Waals surface area contributed by atoms with Crippen molar-refractivity contribution in [3.05, 3.63) is 70.8 Å². The molecule has 6 rings (SSSR count). The molecule has 2 aromatic carbocycles. The number of ether oxygens (including phenoxy) is 2. The fourth-order valence-corrected chi connectivity index (χ4v) is 5.05. The second-order valence-corrected chi connectivity index (χ2v) is 9.25. The molecule has 0 saturated carbocycles. The molecule has 0 N–H and O–H groups in total. The van der Waals surface area contributed by atoms with E-state index < -0.39 is 6.61 Å². The summed E-state index contributed by atoms with van der Waals surface area (Å²) in [5.41, 5.74) is 2.54. The van der Waals surface area contributed by atoms with Crippen molar-refractivity contribution in [1.82, 2.24) is 24.2 Å². The van der Waals surface area contributed by atoms with Crippen molar-refractivity contribution >= 4 is 22.9 Å². The zero-order chi connectivity index (χ0) is 26.4. The Hall–Kier alpha value is -4.48. The third-order valence-corrected chi connectivity index (χ3v) is 7.04. The summed E-state index contributed by atoms with van der Waals surface area (Å²) < 4.78 is 38.8. The number of fused-ring (bicyclic) bond motifs is 2. The van der Waals surface area contributed by atoms with E-state index in [-0.39, 0.29) is 30.0 Å². The average molecular weight is 523 g/mol. The van der Waals surface area contributed by atoms with E-state index in [9.17, 15) is 18.4 Å². The van der Waals surface area contributed by atoms with Crippen LogP contribution >= 0.6 is 0 Å². The third-order valence-electron chi connectivity index (χ3n) is 7.04. The molecule has 196 valence electrons. The highest BCUT2D eigenvalue weighted by Crippen LogP contribution is 2.27. The maximum atomic E-state index is 12.9. The Labute approximate surface area is 215 Å². The summed E-state index contributed by atoms with van der Waals surface area (Å²) in [7, 11) is 1.64. The molecule has 2 fully saturated rings. The lowest BCUT2D eigenvalue weighted by Gasteiger charge is -2.35. The summed E-state index contributed by atoms with van der Waals surface area (Å²) in [5, 5.41) is 0.507. The second kappa shape index (κ2) is 9.43. The van der Waals surface area contributed by atoms with Crippen LogP contribution < -0.4 is 15.2 Å². The van der Waals surface area contributed by atoms with Crippen molar-refractivity contribution < 1.29 is 23.0 Å². The number of hydrogen-bond donors (Lipinski definition) is 0. The van der Waals surface area contributed by atoms with Crippen LogP contribution in [-0.2, 0) is 18.3 Å². The van der Waals surface area contributed by atoms with E-state index in [4.69, 9.17) is 4.74 Å². The van der Waals surface area contributed by atoms with Gasteiger partial charge in [-0.2, -0.15) is 8.78 Å². The van der Waals surface area contributed by atoms with Crippen LogP contribution in [0.4, 0.5) is 19.5 Å². The van der Waals surface area contributed by atoms with Gasteiger partial charge in [0, 0.05) is 50.2 Å². The first-order valence-electron chi connectivity index (χ1n) is 12.1. The fraction of sp³-hybridized carbons (Fsp3) is 0.308. The quantitative estimate of drug-likeness (QED) is 0.384. The van der Waals surface area contributed by atoms with Gasteiger partial charge in [0.2, 0.25) is 5.95 Å². The fourth-order valence-electron chi connectivity index (χ4n) is 5.05. The molecule has 0 bridgehead atoms. The first-order chi connectivity index (χ1) is 18.4. The van der Waals surface area contributed by atoms with E-state index in [2.05, 4.69) is 14.7 Å². The summed E-state index contributed by atoms with van der Waals surface area (Å²) in [4.78, 5) is 37.5. The van der Waals surface area contributed by atoms with E-state index in [1.807, 2.05) is 17.0 Å². The molecule has 0 unspecified atom stereocenters. The molecule has 4 heterocycles. The van der Waals surface area contributed by atoms with Gasteiger partial charge in [0.1, 0.15) is 12.4 Å². The Kier molecular flexibility index (Phi) is 5.93. The molecule has 1 atom stereocenters. The number of carbonyl (C=O) groups excluding carboxylic acids is 1. The molecule has 38 heavy (non-hydrogen) atoms. The molecule has 12 heteroatoms. The number of rotatable bonds is 6. The molecular formula is C26H24F2N6O4. The SMILES string of the molecule is Cn1c(=O)c2ccc(-c3cnc(N4CCN5C(=O)OC[C@@H]5C4)nc3)cc2n1Cc1ccccc1OC(F)F. The molecule has 10 nitrogen and oxygen atoms in total. The minimum Gasteiger partial charge on any atom is -0.447 e. The van der Waals surface area contributed by atoms with Crippen molar-refractivity contribution in [3.63, 3.8) is 0 Å². The Bertz CT molecular complexity index is 1570. The van der Waals surface area contributed by atoms with E-state index in [0.29, 0.717) is 48.7 Å². The van der Waals surface area contributed by atoms with Gasteiger partial charge in [-0.15, -0.1) is 0 Å². The molecule has 2 saturated heterocycles. The van der Waals surface area contributed by atoms with Gasteiger partial charge < -0.3 is 14.4 Å². The zero-order valence-electron chi connectivity index (χ0n) is 20.5. The summed E-state index contributed by atoms with van der Waals surface area (Å²) >= 11 is 0. The smallest absolute Gasteiger partial charge is 0.410 e. The second-order valence-electron chi connectivity index (χ2n) is 9.25. The van der Waals surface area contributed by atoms with Gasteiger partial charge in [-0.25, -0.2) is 14.8 Å². The maximum absolute atomic E-state index is 12.9. The molecule has 0 radical (unpaired) electrons. The Morgan fingerprint density at radius 3 is 2.66 bits per heavy atom. The van der Waals surface area contributed by atoms with Gasteiger partial charge in [-0.3, -0.25) is 19.1 Å². The van der Waals surface area contributed by atoms with Crippen LogP contribution in [-0.4, -0.2) is 69.2 Å². The molecule has 1 amide bonds. The number of hydrogen-bond acceptors (Lipinski definition) is 7. The Morgan fingerprint density at radius 2 is 1.87 bits per heavy atom. The average Bonchev–Trinajstić information content (AvgIpc) is 3.41. The lowest BCUT2D eigenvalue weighted by Crippen LogP contribution is -2.52. The number of benzene rings is 2. The highest BCUT2D eigenvalue weighted by molar-refractivity contribution is 5.84. The van der Waals surface area contributed by atoms with Gasteiger partial charge in [-0.1, -0.05) is 24.3 Å². The van der Waals surface area contributed by atoms with E-state index in [1.165, 1.54) is 10.7 Å². The number of piperazine rings is 1. The van der Waals surface area contributed by atoms with Crippen molar-refractivity contribution in [1.29, 1.82) is 0 Å². The van der Waals surface area contributed by atoms with E-state index >= 15 is 0 Å². The van der Waals surface area contributed by atoms with Gasteiger partial charge in [0.25, 0.3) is 5.56 Å². The molecular weight excluding hydrogens is 498 g/mol. The lowest BCUT2D eigenvalue weighted by molar-refractivity contribution is -0.0505. The van der Waals surface area contributed by atoms with Gasteiger partial charge in [0.05, 0.1) is 23.5 Å². The minimum atomic E-state index is -2.95. The molecule has 2 aliphatic rings. The van der Waals surface area contributed by atoms with Gasteiger partial charge in [-0.05, 0) is 23.8 Å². The monoisotopic (exact) mass is 522 g/mol. The predicted molar refractivity (Wildman–Crippen MR) is 134 cm³/mol. The first kappa shape index (κ1) is 23.9. The molecule has 2 aliphatic heterocycles. The molecule has 2 aromatic heterocycles. The summed E-state index contributed by atoms with van der Waals surface area (Å²) in [6.45, 7) is -0.647. The predicted octanol–water partition coefficient (Wildman–Crippen LogP) is 3.09. The first-order valence-corrected chi connectivity index (χ1v) is 12.1. The number of halogens is 2.